The summed E-state index contributed by atoms with van der Waals surface area (Å²) in [6, 6.07) is 18.7. The summed E-state index contributed by atoms with van der Waals surface area (Å²) >= 11 is 19.9. The van der Waals surface area contributed by atoms with Gasteiger partial charge in [-0.2, -0.15) is 0 Å². The van der Waals surface area contributed by atoms with E-state index in [0.717, 1.165) is 86.2 Å². The lowest BCUT2D eigenvalue weighted by atomic mass is 10.1. The number of nitrogens with zero attached hydrogens (tertiary/aromatic N) is 4. The van der Waals surface area contributed by atoms with Crippen LogP contribution >= 0.6 is 46.1 Å². The molecule has 7 nitrogen and oxygen atoms in total. The van der Waals surface area contributed by atoms with Gasteiger partial charge in [-0.15, -0.1) is 11.3 Å². The number of ether oxygens (including phenoxy) is 3. The highest BCUT2D eigenvalue weighted by molar-refractivity contribution is 7.09. The number of hydrogen-bond donors (Lipinski definition) is 0. The van der Waals surface area contributed by atoms with Crippen molar-refractivity contribution in [1.82, 2.24) is 15.0 Å². The van der Waals surface area contributed by atoms with Crippen LogP contribution in [0.2, 0.25) is 15.1 Å². The van der Waals surface area contributed by atoms with E-state index in [1.807, 2.05) is 60.2 Å². The number of thiazole rings is 1. The molecule has 0 fully saturated rings. The minimum absolute atomic E-state index is 0.0322. The second-order valence-corrected chi connectivity index (χ2v) is 15.0. The molecular weight excluding hydrogens is 828 g/mol. The average molecular weight is 876 g/mol. The summed E-state index contributed by atoms with van der Waals surface area (Å²) in [4.78, 5) is 16.9. The van der Waals surface area contributed by atoms with Crippen LogP contribution in [0.3, 0.4) is 0 Å². The number of aryl methyl sites for hydroxylation is 5. The topological polar surface area (TPSA) is 78.7 Å². The number of aromatic nitrogens is 3. The molecule has 6 rings (SSSR count). The fourth-order valence-corrected chi connectivity index (χ4v) is 7.12. The van der Waals surface area contributed by atoms with Crippen LogP contribution in [0.25, 0.3) is 0 Å². The van der Waals surface area contributed by atoms with Crippen molar-refractivity contribution in [3.8, 4) is 17.2 Å². The molecule has 0 amide bonds. The first-order chi connectivity index (χ1) is 28.4. The third kappa shape index (κ3) is 17.8. The molecule has 0 saturated carbocycles. The number of aliphatic imine (C=N–C) groups is 1. The van der Waals surface area contributed by atoms with Crippen LogP contribution in [0, 0.1) is 0 Å². The van der Waals surface area contributed by atoms with Gasteiger partial charge in [0, 0.05) is 48.7 Å². The number of rotatable bonds is 21. The molecule has 0 atom stereocenters. The molecule has 0 unspecified atom stereocenters. The number of benzene rings is 3. The van der Waals surface area contributed by atoms with Crippen LogP contribution < -0.4 is 14.2 Å². The second-order valence-electron chi connectivity index (χ2n) is 12.8. The highest BCUT2D eigenvalue weighted by atomic mass is 35.5. The first kappa shape index (κ1) is 46.5. The van der Waals surface area contributed by atoms with E-state index in [1.165, 1.54) is 11.3 Å². The van der Waals surface area contributed by atoms with Crippen LogP contribution in [0.1, 0.15) is 59.6 Å². The van der Waals surface area contributed by atoms with Crippen LogP contribution in [-0.4, -0.2) is 60.5 Å². The van der Waals surface area contributed by atoms with Crippen molar-refractivity contribution < 1.29 is 27.4 Å². The Morgan fingerprint density at radius 2 is 1.05 bits per heavy atom. The summed E-state index contributed by atoms with van der Waals surface area (Å²) in [6.07, 6.45) is 18.9. The van der Waals surface area contributed by atoms with Crippen LogP contribution in [0.5, 0.6) is 17.2 Å². The van der Waals surface area contributed by atoms with E-state index < -0.39 is 20.0 Å². The van der Waals surface area contributed by atoms with Crippen molar-refractivity contribution in [1.29, 1.82) is 0 Å². The number of halogens is 6. The van der Waals surface area contributed by atoms with Crippen molar-refractivity contribution >= 4 is 51.9 Å². The lowest BCUT2D eigenvalue weighted by Crippen LogP contribution is -2.00. The maximum Gasteiger partial charge on any atom is 0.138 e. The van der Waals surface area contributed by atoms with Crippen LogP contribution in [0.4, 0.5) is 13.2 Å². The third-order valence-corrected chi connectivity index (χ3v) is 10.2. The molecule has 14 heteroatoms. The van der Waals surface area contributed by atoms with Crippen molar-refractivity contribution in [2.24, 2.45) is 4.99 Å². The van der Waals surface area contributed by atoms with Gasteiger partial charge in [0.05, 0.1) is 20.1 Å². The summed E-state index contributed by atoms with van der Waals surface area (Å²) < 4.78 is 51.6. The van der Waals surface area contributed by atoms with Crippen LogP contribution in [-0.2, 0) is 32.1 Å². The molecule has 310 valence electrons. The molecule has 0 bridgehead atoms. The Morgan fingerprint density at radius 1 is 0.569 bits per heavy atom. The van der Waals surface area contributed by atoms with E-state index in [4.69, 9.17) is 49.0 Å². The fourth-order valence-electron chi connectivity index (χ4n) is 5.69. The second kappa shape index (κ2) is 27.5. The van der Waals surface area contributed by atoms with Crippen molar-refractivity contribution in [3.63, 3.8) is 0 Å². The summed E-state index contributed by atoms with van der Waals surface area (Å²) in [5.74, 6) is 2.47. The van der Waals surface area contributed by atoms with Crippen molar-refractivity contribution in [3.05, 3.63) is 140 Å². The molecule has 0 N–H and O–H groups in total. The fraction of sp³-hybridized carbons (Fsp3) is 0.364. The van der Waals surface area contributed by atoms with Crippen molar-refractivity contribution in [2.75, 3.05) is 39.8 Å². The highest BCUT2D eigenvalue weighted by Crippen LogP contribution is 2.28. The zero-order chi connectivity index (χ0) is 41.2. The molecule has 1 aliphatic heterocycles. The predicted octanol–water partition coefficient (Wildman–Crippen LogP) is 12.3. The van der Waals surface area contributed by atoms with Gasteiger partial charge < -0.3 is 14.2 Å². The Balaban J connectivity index is 0.000000193. The van der Waals surface area contributed by atoms with Gasteiger partial charge in [-0.1, -0.05) is 59.1 Å². The molecule has 3 heterocycles. The maximum absolute atomic E-state index is 12.0. The molecular formula is C44H48Cl3F3N4O3S. The van der Waals surface area contributed by atoms with E-state index in [1.54, 1.807) is 41.9 Å². The summed E-state index contributed by atoms with van der Waals surface area (Å²) in [6.45, 7) is -1.41. The van der Waals surface area contributed by atoms with E-state index in [0.29, 0.717) is 32.3 Å². The Labute approximate surface area is 358 Å². The molecule has 1 aliphatic rings. The maximum atomic E-state index is 12.0. The zero-order valence-electron chi connectivity index (χ0n) is 32.2. The lowest BCUT2D eigenvalue weighted by Gasteiger charge is -2.08. The van der Waals surface area contributed by atoms with Gasteiger partial charge in [-0.3, -0.25) is 4.99 Å². The third-order valence-electron chi connectivity index (χ3n) is 8.46. The first-order valence-electron chi connectivity index (χ1n) is 19.1. The minimum Gasteiger partial charge on any atom is -0.489 e. The van der Waals surface area contributed by atoms with Gasteiger partial charge in [0.1, 0.15) is 62.9 Å². The summed E-state index contributed by atoms with van der Waals surface area (Å²) in [7, 11) is 0. The van der Waals surface area contributed by atoms with E-state index in [9.17, 15) is 13.2 Å². The molecule has 0 saturated heterocycles. The van der Waals surface area contributed by atoms with Gasteiger partial charge >= 0.3 is 0 Å². The molecule has 3 aromatic carbocycles. The Bertz CT molecular complexity index is 1970. The Kier molecular flexibility index (Phi) is 22.1. The highest BCUT2D eigenvalue weighted by Gasteiger charge is 2.07. The van der Waals surface area contributed by atoms with Crippen molar-refractivity contribution in [2.45, 2.75) is 64.2 Å². The molecule has 58 heavy (non-hydrogen) atoms. The minimum atomic E-state index is -0.519. The molecule has 0 radical (unpaired) electrons. The zero-order valence-corrected chi connectivity index (χ0v) is 35.3. The molecule has 0 spiro atoms. The SMILES string of the molecule is FCCOc1ccc(CCCC2=NC=CC2)cc1Cl.FCCOc1ccc(CCCc2ncccn2)cc1Cl.FCCOc1ccc(CCCc2nccs2)cc1Cl. The van der Waals surface area contributed by atoms with Crippen LogP contribution in [0.15, 0.2) is 102 Å². The molecule has 2 aromatic heterocycles. The van der Waals surface area contributed by atoms with Gasteiger partial charge in [0.15, 0.2) is 0 Å². The predicted molar refractivity (Wildman–Crippen MR) is 231 cm³/mol. The van der Waals surface area contributed by atoms with Gasteiger partial charge in [0.2, 0.25) is 0 Å². The van der Waals surface area contributed by atoms with E-state index in [2.05, 4.69) is 26.0 Å². The normalized spacial score (nSPS) is 11.6. The smallest absolute Gasteiger partial charge is 0.138 e. The average Bonchev–Trinajstić information content (AvgIpc) is 3.96. The standard InChI is InChI=1S/C15H16ClFN2O.C15H17ClFNO.C14H15ClFNOS/c16-13-11-12(5-6-14(13)20-10-7-17)3-1-4-15-18-8-2-9-19-15;16-14-11-12(6-7-15(14)19-10-8-17)3-1-4-13-5-2-9-18-13;15-12-10-11(4-5-13(12)18-8-6-16)2-1-3-14-17-7-9-19-14/h2,5-6,8-9,11H,1,3-4,7,10H2;2,6-7,9,11H,1,3-5,8,10H2;4-5,7,9-10H,1-3,6,8H2. The summed E-state index contributed by atoms with van der Waals surface area (Å²) in [5.41, 5.74) is 4.70. The summed E-state index contributed by atoms with van der Waals surface area (Å²) in [5, 5.41) is 4.76. The first-order valence-corrected chi connectivity index (χ1v) is 21.2. The number of allylic oxidation sites excluding steroid dienone is 1. The van der Waals surface area contributed by atoms with E-state index in [-0.39, 0.29) is 19.8 Å². The van der Waals surface area contributed by atoms with Gasteiger partial charge in [0.25, 0.3) is 0 Å². The molecule has 0 aliphatic carbocycles. The molecule has 5 aromatic rings. The monoisotopic (exact) mass is 874 g/mol. The Morgan fingerprint density at radius 3 is 1.47 bits per heavy atom. The van der Waals surface area contributed by atoms with Gasteiger partial charge in [-0.05, 0) is 111 Å². The lowest BCUT2D eigenvalue weighted by molar-refractivity contribution is 0.273. The Hall–Kier alpha value is -4.16. The van der Waals surface area contributed by atoms with Gasteiger partial charge in [-0.25, -0.2) is 28.1 Å². The quantitative estimate of drug-likeness (QED) is 0.0731. The number of alkyl halides is 3. The van der Waals surface area contributed by atoms with E-state index >= 15 is 0 Å². The number of hydrogen-bond acceptors (Lipinski definition) is 8. The largest absolute Gasteiger partial charge is 0.489 e.